The fraction of sp³-hybridized carbons (Fsp3) is 0.400. The van der Waals surface area contributed by atoms with Crippen molar-refractivity contribution in [2.45, 2.75) is 6.42 Å². The molecule has 1 fully saturated rings. The summed E-state index contributed by atoms with van der Waals surface area (Å²) in [5.74, 6) is 0.425. The zero-order valence-electron chi connectivity index (χ0n) is 12.9. The van der Waals surface area contributed by atoms with Gasteiger partial charge in [0.15, 0.2) is 5.96 Å². The third-order valence-corrected chi connectivity index (χ3v) is 3.66. The SMILES string of the molecule is CN=C(NCCc1ccc(Cl)cc1)NCCN1C(=O)CNC1=O. The fourth-order valence-corrected chi connectivity index (χ4v) is 2.29. The van der Waals surface area contributed by atoms with Gasteiger partial charge in [0.2, 0.25) is 5.91 Å². The number of carbonyl (C=O) groups excluding carboxylic acids is 2. The highest BCUT2D eigenvalue weighted by Gasteiger charge is 2.27. The zero-order chi connectivity index (χ0) is 16.7. The molecule has 1 aromatic carbocycles. The van der Waals surface area contributed by atoms with E-state index in [0.29, 0.717) is 25.6 Å². The van der Waals surface area contributed by atoms with Gasteiger partial charge in [-0.15, -0.1) is 0 Å². The Hall–Kier alpha value is -2.28. The smallest absolute Gasteiger partial charge is 0.324 e. The summed E-state index contributed by atoms with van der Waals surface area (Å²) in [5, 5.41) is 9.46. The van der Waals surface area contributed by atoms with Crippen molar-refractivity contribution in [3.63, 3.8) is 0 Å². The lowest BCUT2D eigenvalue weighted by Gasteiger charge is -2.15. The van der Waals surface area contributed by atoms with Crippen molar-refractivity contribution in [3.8, 4) is 0 Å². The summed E-state index contributed by atoms with van der Waals surface area (Å²) < 4.78 is 0. The van der Waals surface area contributed by atoms with Crippen LogP contribution >= 0.6 is 11.6 Å². The van der Waals surface area contributed by atoms with E-state index in [2.05, 4.69) is 20.9 Å². The van der Waals surface area contributed by atoms with Crippen LogP contribution in [0.2, 0.25) is 5.02 Å². The van der Waals surface area contributed by atoms with Crippen LogP contribution in [0, 0.1) is 0 Å². The maximum absolute atomic E-state index is 11.4. The molecule has 0 bridgehead atoms. The number of hydrogen-bond donors (Lipinski definition) is 3. The summed E-state index contributed by atoms with van der Waals surface area (Å²) in [7, 11) is 1.67. The summed E-state index contributed by atoms with van der Waals surface area (Å²) in [5.41, 5.74) is 1.18. The van der Waals surface area contributed by atoms with Gasteiger partial charge in [-0.2, -0.15) is 0 Å². The minimum absolute atomic E-state index is 0.0763. The van der Waals surface area contributed by atoms with Gasteiger partial charge in [-0.25, -0.2) is 4.79 Å². The number of benzene rings is 1. The lowest BCUT2D eigenvalue weighted by molar-refractivity contribution is -0.124. The average Bonchev–Trinajstić information content (AvgIpc) is 2.87. The van der Waals surface area contributed by atoms with Crippen molar-refractivity contribution in [2.75, 3.05) is 33.2 Å². The number of hydrogen-bond acceptors (Lipinski definition) is 3. The van der Waals surface area contributed by atoms with Crippen LogP contribution in [-0.2, 0) is 11.2 Å². The lowest BCUT2D eigenvalue weighted by atomic mass is 10.1. The Morgan fingerprint density at radius 3 is 2.57 bits per heavy atom. The van der Waals surface area contributed by atoms with Gasteiger partial charge < -0.3 is 16.0 Å². The number of nitrogens with zero attached hydrogens (tertiary/aromatic N) is 2. The highest BCUT2D eigenvalue weighted by molar-refractivity contribution is 6.30. The number of rotatable bonds is 6. The topological polar surface area (TPSA) is 85.8 Å². The molecule has 1 heterocycles. The third-order valence-electron chi connectivity index (χ3n) is 3.41. The fourth-order valence-electron chi connectivity index (χ4n) is 2.16. The van der Waals surface area contributed by atoms with Crippen LogP contribution in [0.4, 0.5) is 4.79 Å². The second kappa shape index (κ2) is 8.38. The summed E-state index contributed by atoms with van der Waals surface area (Å²) in [6.45, 7) is 1.54. The maximum Gasteiger partial charge on any atom is 0.324 e. The first kappa shape index (κ1) is 17.1. The van der Waals surface area contributed by atoms with Crippen LogP contribution < -0.4 is 16.0 Å². The Morgan fingerprint density at radius 1 is 1.26 bits per heavy atom. The average molecular weight is 338 g/mol. The Kier molecular flexibility index (Phi) is 6.22. The molecule has 2 rings (SSSR count). The van der Waals surface area contributed by atoms with Gasteiger partial charge in [0, 0.05) is 31.7 Å². The molecule has 124 valence electrons. The number of urea groups is 1. The van der Waals surface area contributed by atoms with Gasteiger partial charge in [-0.3, -0.25) is 14.7 Å². The first-order valence-electron chi connectivity index (χ1n) is 7.37. The lowest BCUT2D eigenvalue weighted by Crippen LogP contribution is -2.43. The van der Waals surface area contributed by atoms with Crippen molar-refractivity contribution in [1.29, 1.82) is 0 Å². The molecule has 0 aromatic heterocycles. The van der Waals surface area contributed by atoms with Crippen LogP contribution in [-0.4, -0.2) is 56.0 Å². The predicted octanol–water partition coefficient (Wildman–Crippen LogP) is 0.599. The monoisotopic (exact) mass is 337 g/mol. The van der Waals surface area contributed by atoms with E-state index in [1.165, 1.54) is 10.5 Å². The van der Waals surface area contributed by atoms with E-state index in [9.17, 15) is 9.59 Å². The van der Waals surface area contributed by atoms with E-state index in [-0.39, 0.29) is 18.5 Å². The minimum Gasteiger partial charge on any atom is -0.356 e. The minimum atomic E-state index is -0.345. The number of halogens is 1. The molecule has 1 saturated heterocycles. The standard InChI is InChI=1S/C15H20ClN5O2/c1-17-14(18-7-6-11-2-4-12(16)5-3-11)19-8-9-21-13(22)10-20-15(21)23/h2-5H,6-10H2,1H3,(H,20,23)(H2,17,18,19). The maximum atomic E-state index is 11.4. The van der Waals surface area contributed by atoms with Gasteiger partial charge in [-0.1, -0.05) is 23.7 Å². The number of imide groups is 1. The highest BCUT2D eigenvalue weighted by Crippen LogP contribution is 2.09. The number of guanidine groups is 1. The summed E-state index contributed by atoms with van der Waals surface area (Å²) >= 11 is 5.85. The van der Waals surface area contributed by atoms with Gasteiger partial charge in [0.25, 0.3) is 0 Å². The molecule has 1 aromatic rings. The van der Waals surface area contributed by atoms with E-state index < -0.39 is 0 Å². The molecule has 1 aliphatic heterocycles. The Balaban J connectivity index is 1.68. The third kappa shape index (κ3) is 5.14. The summed E-state index contributed by atoms with van der Waals surface area (Å²) in [4.78, 5) is 28.1. The van der Waals surface area contributed by atoms with Crippen LogP contribution in [0.1, 0.15) is 5.56 Å². The number of nitrogens with one attached hydrogen (secondary N) is 3. The number of carbonyl (C=O) groups is 2. The normalized spacial score (nSPS) is 14.9. The molecule has 1 aliphatic rings. The van der Waals surface area contributed by atoms with E-state index in [1.807, 2.05) is 24.3 Å². The molecule has 0 saturated carbocycles. The Labute approximate surface area is 140 Å². The molecule has 0 radical (unpaired) electrons. The zero-order valence-corrected chi connectivity index (χ0v) is 13.7. The molecule has 0 spiro atoms. The number of aliphatic imine (C=N–C) groups is 1. The van der Waals surface area contributed by atoms with Gasteiger partial charge in [0.05, 0.1) is 6.54 Å². The van der Waals surface area contributed by atoms with Gasteiger partial charge in [0.1, 0.15) is 0 Å². The summed E-state index contributed by atoms with van der Waals surface area (Å²) in [6, 6.07) is 7.35. The second-order valence-electron chi connectivity index (χ2n) is 5.01. The molecule has 0 aliphatic carbocycles. The van der Waals surface area contributed by atoms with Crippen LogP contribution in [0.25, 0.3) is 0 Å². The van der Waals surface area contributed by atoms with E-state index in [0.717, 1.165) is 11.4 Å². The highest BCUT2D eigenvalue weighted by atomic mass is 35.5. The number of amides is 3. The van der Waals surface area contributed by atoms with Crippen molar-refractivity contribution < 1.29 is 9.59 Å². The van der Waals surface area contributed by atoms with Crippen molar-refractivity contribution in [3.05, 3.63) is 34.9 Å². The Morgan fingerprint density at radius 2 is 1.96 bits per heavy atom. The van der Waals surface area contributed by atoms with Gasteiger partial charge in [-0.05, 0) is 24.1 Å². The van der Waals surface area contributed by atoms with E-state index in [1.54, 1.807) is 7.05 Å². The molecule has 8 heteroatoms. The van der Waals surface area contributed by atoms with E-state index >= 15 is 0 Å². The Bertz CT molecular complexity index is 572. The molecule has 23 heavy (non-hydrogen) atoms. The molecule has 3 amide bonds. The van der Waals surface area contributed by atoms with Crippen molar-refractivity contribution >= 4 is 29.5 Å². The quantitative estimate of drug-likeness (QED) is 0.403. The van der Waals surface area contributed by atoms with Crippen LogP contribution in [0.15, 0.2) is 29.3 Å². The van der Waals surface area contributed by atoms with Crippen molar-refractivity contribution in [2.24, 2.45) is 4.99 Å². The molecule has 0 unspecified atom stereocenters. The van der Waals surface area contributed by atoms with Crippen LogP contribution in [0.5, 0.6) is 0 Å². The molecular weight excluding hydrogens is 318 g/mol. The molecule has 3 N–H and O–H groups in total. The van der Waals surface area contributed by atoms with Crippen LogP contribution in [0.3, 0.4) is 0 Å². The van der Waals surface area contributed by atoms with Crippen molar-refractivity contribution in [1.82, 2.24) is 20.9 Å². The first-order chi connectivity index (χ1) is 11.1. The van der Waals surface area contributed by atoms with E-state index in [4.69, 9.17) is 11.6 Å². The second-order valence-corrected chi connectivity index (χ2v) is 5.44. The molecular formula is C15H20ClN5O2. The first-order valence-corrected chi connectivity index (χ1v) is 7.75. The molecule has 0 atom stereocenters. The summed E-state index contributed by atoms with van der Waals surface area (Å²) in [6.07, 6.45) is 0.838. The predicted molar refractivity (Wildman–Crippen MR) is 89.6 cm³/mol. The largest absolute Gasteiger partial charge is 0.356 e. The van der Waals surface area contributed by atoms with Gasteiger partial charge >= 0.3 is 6.03 Å². The molecule has 7 nitrogen and oxygen atoms in total.